The van der Waals surface area contributed by atoms with Crippen molar-refractivity contribution < 1.29 is 23.9 Å². The average Bonchev–Trinajstić information content (AvgIpc) is 3.19. The molecule has 0 aliphatic heterocycles. The van der Waals surface area contributed by atoms with Crippen molar-refractivity contribution in [2.45, 2.75) is 4.34 Å². The van der Waals surface area contributed by atoms with Crippen molar-refractivity contribution in [3.05, 3.63) is 64.7 Å². The van der Waals surface area contributed by atoms with Gasteiger partial charge in [-0.2, -0.15) is 0 Å². The Morgan fingerprint density at radius 2 is 1.68 bits per heavy atom. The standard InChI is InChI=1S/C20H14N4O5S2/c21-19-23-24-20(31-19)30-9-16(26)29-8-15(25)22-10-5-6-13-14(7-10)18(28)12-4-2-1-3-11(12)17(13)27/h1-7H,8-9H2,(H2,21,23)(H,22,25). The molecule has 1 aliphatic rings. The molecule has 0 bridgehead atoms. The van der Waals surface area contributed by atoms with Gasteiger partial charge in [0, 0.05) is 27.9 Å². The quantitative estimate of drug-likeness (QED) is 0.331. The summed E-state index contributed by atoms with van der Waals surface area (Å²) in [5.74, 6) is -1.75. The van der Waals surface area contributed by atoms with E-state index in [2.05, 4.69) is 15.5 Å². The second kappa shape index (κ2) is 8.66. The van der Waals surface area contributed by atoms with Crippen LogP contribution in [0.5, 0.6) is 0 Å². The van der Waals surface area contributed by atoms with E-state index in [9.17, 15) is 19.2 Å². The van der Waals surface area contributed by atoms with E-state index in [0.717, 1.165) is 23.1 Å². The fraction of sp³-hybridized carbons (Fsp3) is 0.100. The Morgan fingerprint density at radius 3 is 2.35 bits per heavy atom. The first-order valence-corrected chi connectivity index (χ1v) is 10.7. The number of ketones is 2. The fourth-order valence-corrected chi connectivity index (χ4v) is 4.40. The Morgan fingerprint density at radius 1 is 1.00 bits per heavy atom. The number of ether oxygens (including phenoxy) is 1. The van der Waals surface area contributed by atoms with Crippen LogP contribution < -0.4 is 11.1 Å². The molecule has 1 heterocycles. The van der Waals surface area contributed by atoms with Crippen LogP contribution in [0.3, 0.4) is 0 Å². The van der Waals surface area contributed by atoms with Crippen molar-refractivity contribution >= 4 is 57.4 Å². The molecule has 0 atom stereocenters. The molecule has 3 N–H and O–H groups in total. The summed E-state index contributed by atoms with van der Waals surface area (Å²) in [5.41, 5.74) is 6.96. The van der Waals surface area contributed by atoms with Crippen molar-refractivity contribution in [3.8, 4) is 0 Å². The zero-order valence-electron chi connectivity index (χ0n) is 15.8. The van der Waals surface area contributed by atoms with Gasteiger partial charge in [-0.05, 0) is 18.2 Å². The number of fused-ring (bicyclic) bond motifs is 2. The van der Waals surface area contributed by atoms with E-state index >= 15 is 0 Å². The van der Waals surface area contributed by atoms with Crippen molar-refractivity contribution in [2.75, 3.05) is 23.4 Å². The third kappa shape index (κ3) is 4.47. The molecule has 0 fully saturated rings. The van der Waals surface area contributed by atoms with E-state index in [4.69, 9.17) is 10.5 Å². The predicted octanol–water partition coefficient (Wildman–Crippen LogP) is 2.17. The highest BCUT2D eigenvalue weighted by atomic mass is 32.2. The maximum absolute atomic E-state index is 12.7. The van der Waals surface area contributed by atoms with Crippen LogP contribution in [0.15, 0.2) is 46.8 Å². The molecule has 9 nitrogen and oxygen atoms in total. The molecule has 0 spiro atoms. The molecule has 156 valence electrons. The molecule has 1 amide bonds. The summed E-state index contributed by atoms with van der Waals surface area (Å²) in [6, 6.07) is 11.1. The molecule has 11 heteroatoms. The van der Waals surface area contributed by atoms with Gasteiger partial charge in [-0.1, -0.05) is 47.4 Å². The van der Waals surface area contributed by atoms with Gasteiger partial charge in [0.15, 0.2) is 22.5 Å². The van der Waals surface area contributed by atoms with Gasteiger partial charge < -0.3 is 15.8 Å². The number of nitrogen functional groups attached to an aromatic ring is 1. The molecular weight excluding hydrogens is 440 g/mol. The molecule has 0 unspecified atom stereocenters. The lowest BCUT2D eigenvalue weighted by molar-refractivity contribution is -0.144. The van der Waals surface area contributed by atoms with Gasteiger partial charge >= 0.3 is 5.97 Å². The molecule has 0 saturated carbocycles. The van der Waals surface area contributed by atoms with Crippen molar-refractivity contribution in [3.63, 3.8) is 0 Å². The Bertz CT molecular complexity index is 1220. The number of thioether (sulfide) groups is 1. The van der Waals surface area contributed by atoms with Crippen molar-refractivity contribution in [2.24, 2.45) is 0 Å². The largest absolute Gasteiger partial charge is 0.455 e. The Balaban J connectivity index is 1.35. The number of carbonyl (C=O) groups excluding carboxylic acids is 4. The number of nitrogens with two attached hydrogens (primary N) is 1. The second-order valence-electron chi connectivity index (χ2n) is 6.37. The lowest BCUT2D eigenvalue weighted by atomic mass is 9.84. The molecule has 4 rings (SSSR count). The minimum Gasteiger partial charge on any atom is -0.455 e. The van der Waals surface area contributed by atoms with Crippen molar-refractivity contribution in [1.29, 1.82) is 0 Å². The van der Waals surface area contributed by atoms with Crippen LogP contribution in [-0.4, -0.2) is 46.0 Å². The van der Waals surface area contributed by atoms with Crippen LogP contribution >= 0.6 is 23.1 Å². The number of benzene rings is 2. The zero-order chi connectivity index (χ0) is 22.0. The third-order valence-electron chi connectivity index (χ3n) is 4.31. The monoisotopic (exact) mass is 454 g/mol. The number of hydrogen-bond acceptors (Lipinski definition) is 10. The maximum atomic E-state index is 12.7. The molecular formula is C20H14N4O5S2. The lowest BCUT2D eigenvalue weighted by Crippen LogP contribution is -2.23. The lowest BCUT2D eigenvalue weighted by Gasteiger charge is -2.18. The molecule has 1 aliphatic carbocycles. The summed E-state index contributed by atoms with van der Waals surface area (Å²) in [7, 11) is 0. The molecule has 2 aromatic carbocycles. The van der Waals surface area contributed by atoms with Gasteiger partial charge in [-0.15, -0.1) is 10.2 Å². The summed E-state index contributed by atoms with van der Waals surface area (Å²) >= 11 is 2.25. The van der Waals surface area contributed by atoms with Gasteiger partial charge in [0.25, 0.3) is 5.91 Å². The van der Waals surface area contributed by atoms with Gasteiger partial charge in [0.05, 0.1) is 5.75 Å². The number of aromatic nitrogens is 2. The summed E-state index contributed by atoms with van der Waals surface area (Å²) < 4.78 is 5.46. The first-order valence-electron chi connectivity index (χ1n) is 8.92. The SMILES string of the molecule is Nc1nnc(SCC(=O)OCC(=O)Nc2ccc3c(c2)C(=O)c2ccccc2C3=O)s1. The van der Waals surface area contributed by atoms with Crippen LogP contribution in [0.1, 0.15) is 31.8 Å². The minimum atomic E-state index is -0.600. The highest BCUT2D eigenvalue weighted by Crippen LogP contribution is 2.29. The maximum Gasteiger partial charge on any atom is 0.316 e. The van der Waals surface area contributed by atoms with Gasteiger partial charge in [0.2, 0.25) is 5.13 Å². The normalized spacial score (nSPS) is 12.1. The molecule has 0 saturated heterocycles. The number of nitrogens with one attached hydrogen (secondary N) is 1. The van der Waals surface area contributed by atoms with E-state index in [-0.39, 0.29) is 28.4 Å². The van der Waals surface area contributed by atoms with E-state index in [1.54, 1.807) is 24.3 Å². The van der Waals surface area contributed by atoms with Crippen LogP contribution in [0, 0.1) is 0 Å². The summed E-state index contributed by atoms with van der Waals surface area (Å²) in [6.07, 6.45) is 0. The summed E-state index contributed by atoms with van der Waals surface area (Å²) in [6.45, 7) is -0.496. The number of hydrogen-bond donors (Lipinski definition) is 2. The number of nitrogens with zero attached hydrogens (tertiary/aromatic N) is 2. The smallest absolute Gasteiger partial charge is 0.316 e. The zero-order valence-corrected chi connectivity index (χ0v) is 17.4. The Labute approximate surface area is 184 Å². The van der Waals surface area contributed by atoms with Crippen LogP contribution in [-0.2, 0) is 14.3 Å². The van der Waals surface area contributed by atoms with E-state index < -0.39 is 18.5 Å². The van der Waals surface area contributed by atoms with Crippen LogP contribution in [0.25, 0.3) is 0 Å². The number of carbonyl (C=O) groups is 4. The molecule has 1 aromatic heterocycles. The van der Waals surface area contributed by atoms with Crippen LogP contribution in [0.4, 0.5) is 10.8 Å². The molecule has 3 aromatic rings. The first-order chi connectivity index (χ1) is 14.9. The minimum absolute atomic E-state index is 0.0449. The predicted molar refractivity (Wildman–Crippen MR) is 114 cm³/mol. The van der Waals surface area contributed by atoms with Gasteiger partial charge in [-0.25, -0.2) is 0 Å². The second-order valence-corrected chi connectivity index (χ2v) is 8.60. The number of esters is 1. The Hall–Kier alpha value is -3.57. The average molecular weight is 454 g/mol. The highest BCUT2D eigenvalue weighted by Gasteiger charge is 2.29. The highest BCUT2D eigenvalue weighted by molar-refractivity contribution is 8.01. The number of rotatable bonds is 6. The third-order valence-corrected chi connectivity index (χ3v) is 6.17. The summed E-state index contributed by atoms with van der Waals surface area (Å²) in [4.78, 5) is 49.3. The van der Waals surface area contributed by atoms with Gasteiger partial charge in [-0.3, -0.25) is 19.2 Å². The van der Waals surface area contributed by atoms with Crippen LogP contribution in [0.2, 0.25) is 0 Å². The van der Waals surface area contributed by atoms with E-state index in [1.165, 1.54) is 18.2 Å². The summed E-state index contributed by atoms with van der Waals surface area (Å²) in [5, 5.41) is 10.3. The number of anilines is 2. The topological polar surface area (TPSA) is 141 Å². The molecule has 31 heavy (non-hydrogen) atoms. The fourth-order valence-electron chi connectivity index (χ4n) is 2.96. The Kier molecular flexibility index (Phi) is 5.78. The molecule has 0 radical (unpaired) electrons. The van der Waals surface area contributed by atoms with Gasteiger partial charge in [0.1, 0.15) is 0 Å². The van der Waals surface area contributed by atoms with Crippen molar-refractivity contribution in [1.82, 2.24) is 10.2 Å². The number of amides is 1. The first kappa shape index (κ1) is 20.7. The van der Waals surface area contributed by atoms with E-state index in [1.807, 2.05) is 0 Å². The van der Waals surface area contributed by atoms with E-state index in [0.29, 0.717) is 26.3 Å².